The van der Waals surface area contributed by atoms with Gasteiger partial charge in [-0.1, -0.05) is 48.0 Å². The second-order valence-corrected chi connectivity index (χ2v) is 6.70. The maximum Gasteiger partial charge on any atom is 0.255 e. The minimum absolute atomic E-state index is 0.249. The normalized spacial score (nSPS) is 10.5. The van der Waals surface area contributed by atoms with Crippen LogP contribution in [0.2, 0.25) is 5.02 Å². The van der Waals surface area contributed by atoms with Gasteiger partial charge in [-0.05, 0) is 52.4 Å². The first-order chi connectivity index (χ1) is 14.2. The molecule has 3 aromatic carbocycles. The third-order valence-electron chi connectivity index (χ3n) is 4.27. The fraction of sp³-hybridized carbons (Fsp3) is 0.0476. The zero-order valence-corrected chi connectivity index (χ0v) is 16.0. The van der Waals surface area contributed by atoms with Gasteiger partial charge in [0.15, 0.2) is 0 Å². The molecule has 29 heavy (non-hydrogen) atoms. The van der Waals surface area contributed by atoms with Gasteiger partial charge in [-0.25, -0.2) is 4.68 Å². The highest BCUT2D eigenvalue weighted by Crippen LogP contribution is 2.26. The van der Waals surface area contributed by atoms with E-state index in [-0.39, 0.29) is 5.91 Å². The van der Waals surface area contributed by atoms with E-state index in [1.165, 1.54) is 11.0 Å². The van der Waals surface area contributed by atoms with Crippen molar-refractivity contribution in [3.63, 3.8) is 0 Å². The fourth-order valence-electron chi connectivity index (χ4n) is 2.80. The molecule has 0 atom stereocenters. The number of carbonyl (C=O) groups is 1. The lowest BCUT2D eigenvalue weighted by molar-refractivity contribution is 0.102. The molecule has 4 rings (SSSR count). The Bertz CT molecular complexity index is 1120. The summed E-state index contributed by atoms with van der Waals surface area (Å²) in [6.07, 6.45) is 1.47. The molecule has 0 spiro atoms. The summed E-state index contributed by atoms with van der Waals surface area (Å²) in [5, 5.41) is 17.7. The number of anilines is 2. The first kappa shape index (κ1) is 18.6. The summed E-state index contributed by atoms with van der Waals surface area (Å²) >= 11 is 6.38. The van der Waals surface area contributed by atoms with E-state index in [0.717, 1.165) is 11.3 Å². The van der Waals surface area contributed by atoms with Crippen molar-refractivity contribution >= 4 is 28.9 Å². The first-order valence-electron chi connectivity index (χ1n) is 8.91. The van der Waals surface area contributed by atoms with Gasteiger partial charge in [0.2, 0.25) is 0 Å². The molecule has 0 unspecified atom stereocenters. The molecule has 0 aliphatic carbocycles. The predicted octanol–water partition coefficient (Wildman–Crippen LogP) is 4.18. The smallest absolute Gasteiger partial charge is 0.255 e. The average Bonchev–Trinajstić information content (AvgIpc) is 3.29. The highest BCUT2D eigenvalue weighted by Gasteiger charge is 2.10. The Hall–Kier alpha value is -3.71. The van der Waals surface area contributed by atoms with Crippen LogP contribution in [0.5, 0.6) is 0 Å². The van der Waals surface area contributed by atoms with Crippen molar-refractivity contribution < 1.29 is 4.79 Å². The standard InChI is InChI=1S/C21H17ClN6O/c22-19-12-17(9-10-20(19)23-13-15-5-2-1-3-6-15)25-21(29)16-7-4-8-18(11-16)28-14-24-26-27-28/h1-12,14,23H,13H2,(H,25,29). The van der Waals surface area contributed by atoms with Crippen LogP contribution in [0.25, 0.3) is 5.69 Å². The van der Waals surface area contributed by atoms with E-state index in [1.54, 1.807) is 24.3 Å². The molecule has 0 bridgehead atoms. The van der Waals surface area contributed by atoms with Crippen LogP contribution in [0.3, 0.4) is 0 Å². The molecule has 0 saturated heterocycles. The summed E-state index contributed by atoms with van der Waals surface area (Å²) in [5.41, 5.74) is 3.75. The van der Waals surface area contributed by atoms with Gasteiger partial charge in [-0.3, -0.25) is 4.79 Å². The summed E-state index contributed by atoms with van der Waals surface area (Å²) in [6, 6.07) is 22.4. The van der Waals surface area contributed by atoms with Gasteiger partial charge in [0.1, 0.15) is 6.33 Å². The molecule has 0 saturated carbocycles. The molecule has 4 aromatic rings. The largest absolute Gasteiger partial charge is 0.380 e. The molecule has 1 amide bonds. The second-order valence-electron chi connectivity index (χ2n) is 6.29. The minimum Gasteiger partial charge on any atom is -0.380 e. The van der Waals surface area contributed by atoms with Crippen molar-refractivity contribution in [1.82, 2.24) is 20.2 Å². The number of carbonyl (C=O) groups excluding carboxylic acids is 1. The zero-order chi connectivity index (χ0) is 20.1. The van der Waals surface area contributed by atoms with Crippen LogP contribution in [0.1, 0.15) is 15.9 Å². The van der Waals surface area contributed by atoms with E-state index >= 15 is 0 Å². The van der Waals surface area contributed by atoms with Gasteiger partial charge in [0.05, 0.1) is 16.4 Å². The Morgan fingerprint density at radius 3 is 2.62 bits per heavy atom. The van der Waals surface area contributed by atoms with E-state index in [2.05, 4.69) is 26.2 Å². The van der Waals surface area contributed by atoms with Crippen molar-refractivity contribution in [2.75, 3.05) is 10.6 Å². The summed E-state index contributed by atoms with van der Waals surface area (Å²) in [5.74, 6) is -0.249. The summed E-state index contributed by atoms with van der Waals surface area (Å²) in [4.78, 5) is 12.6. The van der Waals surface area contributed by atoms with Crippen molar-refractivity contribution in [3.05, 3.63) is 95.3 Å². The fourth-order valence-corrected chi connectivity index (χ4v) is 3.05. The number of rotatable bonds is 6. The monoisotopic (exact) mass is 404 g/mol. The summed E-state index contributed by atoms with van der Waals surface area (Å²) in [6.45, 7) is 0.663. The Morgan fingerprint density at radius 1 is 1.00 bits per heavy atom. The molecule has 0 radical (unpaired) electrons. The highest BCUT2D eigenvalue weighted by atomic mass is 35.5. The van der Waals surface area contributed by atoms with Crippen molar-refractivity contribution in [3.8, 4) is 5.69 Å². The third-order valence-corrected chi connectivity index (χ3v) is 4.59. The SMILES string of the molecule is O=C(Nc1ccc(NCc2ccccc2)c(Cl)c1)c1cccc(-n2cnnn2)c1. The Labute approximate surface area is 172 Å². The molecular weight excluding hydrogens is 388 g/mol. The molecule has 2 N–H and O–H groups in total. The van der Waals surface area contributed by atoms with Crippen LogP contribution in [0, 0.1) is 0 Å². The van der Waals surface area contributed by atoms with E-state index < -0.39 is 0 Å². The number of benzene rings is 3. The van der Waals surface area contributed by atoms with Gasteiger partial charge in [0, 0.05) is 17.8 Å². The van der Waals surface area contributed by atoms with Gasteiger partial charge < -0.3 is 10.6 Å². The van der Waals surface area contributed by atoms with Crippen LogP contribution in [0.4, 0.5) is 11.4 Å². The predicted molar refractivity (Wildman–Crippen MR) is 112 cm³/mol. The van der Waals surface area contributed by atoms with Gasteiger partial charge in [-0.15, -0.1) is 5.10 Å². The molecule has 0 fully saturated rings. The summed E-state index contributed by atoms with van der Waals surface area (Å²) in [7, 11) is 0. The average molecular weight is 405 g/mol. The maximum atomic E-state index is 12.6. The topological polar surface area (TPSA) is 84.7 Å². The van der Waals surface area contributed by atoms with Crippen molar-refractivity contribution in [2.45, 2.75) is 6.54 Å². The zero-order valence-electron chi connectivity index (χ0n) is 15.3. The van der Waals surface area contributed by atoms with Crippen molar-refractivity contribution in [1.29, 1.82) is 0 Å². The lowest BCUT2D eigenvalue weighted by Crippen LogP contribution is -2.12. The first-order valence-corrected chi connectivity index (χ1v) is 9.29. The Balaban J connectivity index is 1.43. The van der Waals surface area contributed by atoms with Crippen LogP contribution >= 0.6 is 11.6 Å². The van der Waals surface area contributed by atoms with E-state index in [4.69, 9.17) is 11.6 Å². The number of nitrogens with zero attached hydrogens (tertiary/aromatic N) is 4. The van der Waals surface area contributed by atoms with Crippen LogP contribution in [-0.2, 0) is 6.54 Å². The number of amides is 1. The molecular formula is C21H17ClN6O. The second kappa shape index (κ2) is 8.53. The number of hydrogen-bond donors (Lipinski definition) is 2. The van der Waals surface area contributed by atoms with E-state index in [9.17, 15) is 4.79 Å². The van der Waals surface area contributed by atoms with Gasteiger partial charge in [0.25, 0.3) is 5.91 Å². The molecule has 144 valence electrons. The lowest BCUT2D eigenvalue weighted by Gasteiger charge is -2.11. The third kappa shape index (κ3) is 4.59. The molecule has 0 aliphatic heterocycles. The van der Waals surface area contributed by atoms with Crippen LogP contribution in [0.15, 0.2) is 79.1 Å². The van der Waals surface area contributed by atoms with Crippen LogP contribution < -0.4 is 10.6 Å². The molecule has 1 aromatic heterocycles. The number of tetrazole rings is 1. The quantitative estimate of drug-likeness (QED) is 0.503. The number of halogens is 1. The molecule has 0 aliphatic rings. The summed E-state index contributed by atoms with van der Waals surface area (Å²) < 4.78 is 1.49. The molecule has 7 nitrogen and oxygen atoms in total. The number of nitrogens with one attached hydrogen (secondary N) is 2. The van der Waals surface area contributed by atoms with E-state index in [0.29, 0.717) is 28.5 Å². The highest BCUT2D eigenvalue weighted by molar-refractivity contribution is 6.33. The lowest BCUT2D eigenvalue weighted by atomic mass is 10.1. The molecule has 1 heterocycles. The molecule has 8 heteroatoms. The number of aromatic nitrogens is 4. The minimum atomic E-state index is -0.249. The van der Waals surface area contributed by atoms with E-state index in [1.807, 2.05) is 48.5 Å². The van der Waals surface area contributed by atoms with Gasteiger partial charge >= 0.3 is 0 Å². The van der Waals surface area contributed by atoms with Crippen molar-refractivity contribution in [2.24, 2.45) is 0 Å². The number of hydrogen-bond acceptors (Lipinski definition) is 5. The Kier molecular flexibility index (Phi) is 5.49. The van der Waals surface area contributed by atoms with Gasteiger partial charge in [-0.2, -0.15) is 0 Å². The Morgan fingerprint density at radius 2 is 1.86 bits per heavy atom. The maximum absolute atomic E-state index is 12.6. The van der Waals surface area contributed by atoms with Crippen LogP contribution in [-0.4, -0.2) is 26.1 Å².